The number of nitrogens with one attached hydrogen (secondary N) is 2. The molecule has 0 saturated heterocycles. The van der Waals surface area contributed by atoms with Crippen molar-refractivity contribution in [2.45, 2.75) is 46.5 Å². The number of hydrogen-bond donors (Lipinski definition) is 2. The summed E-state index contributed by atoms with van der Waals surface area (Å²) in [6.45, 7) is 8.86. The Labute approximate surface area is 150 Å². The van der Waals surface area contributed by atoms with Crippen LogP contribution in [0.3, 0.4) is 0 Å². The van der Waals surface area contributed by atoms with Crippen LogP contribution in [0, 0.1) is 13.8 Å². The Morgan fingerprint density at radius 2 is 1.32 bits per heavy atom. The van der Waals surface area contributed by atoms with E-state index in [1.165, 1.54) is 39.2 Å². The minimum atomic E-state index is 0.173. The predicted octanol–water partition coefficient (Wildman–Crippen LogP) is 5.27. The molecule has 3 heteroatoms. The average molecular weight is 336 g/mol. The Hall–Kier alpha value is -2.42. The van der Waals surface area contributed by atoms with Gasteiger partial charge in [-0.2, -0.15) is 0 Å². The molecule has 2 aromatic heterocycles. The molecule has 3 nitrogen and oxygen atoms in total. The molecule has 1 aromatic carbocycles. The van der Waals surface area contributed by atoms with Gasteiger partial charge in [0.15, 0.2) is 0 Å². The lowest BCUT2D eigenvalue weighted by molar-refractivity contribution is 0.414. The third kappa shape index (κ3) is 3.11. The molecule has 132 valence electrons. The van der Waals surface area contributed by atoms with E-state index in [0.29, 0.717) is 0 Å². The first kappa shape index (κ1) is 17.4. The molecular weight excluding hydrogens is 308 g/mol. The van der Waals surface area contributed by atoms with E-state index in [1.54, 1.807) is 7.11 Å². The number of methoxy groups -OCH3 is 1. The summed E-state index contributed by atoms with van der Waals surface area (Å²) in [5.41, 5.74) is 9.29. The van der Waals surface area contributed by atoms with Crippen molar-refractivity contribution in [1.82, 2.24) is 9.97 Å². The number of aromatic amines is 2. The van der Waals surface area contributed by atoms with Crippen LogP contribution < -0.4 is 4.74 Å². The van der Waals surface area contributed by atoms with Crippen LogP contribution in [-0.2, 0) is 12.8 Å². The van der Waals surface area contributed by atoms with E-state index in [-0.39, 0.29) is 5.92 Å². The standard InChI is InChI=1S/C22H28N2O/c1-6-16-12-23-21(14(16)3)20(18-8-10-19(25-5)11-9-18)22-15(4)17(7-2)13-24-22/h8-13,20,23-24H,6-7H2,1-5H3. The molecule has 0 aliphatic heterocycles. The van der Waals surface area contributed by atoms with Crippen LogP contribution in [0.5, 0.6) is 5.75 Å². The topological polar surface area (TPSA) is 40.8 Å². The number of ether oxygens (including phenoxy) is 1. The molecule has 2 heterocycles. The lowest BCUT2D eigenvalue weighted by Gasteiger charge is -2.19. The highest BCUT2D eigenvalue weighted by atomic mass is 16.5. The molecule has 0 amide bonds. The lowest BCUT2D eigenvalue weighted by atomic mass is 9.87. The van der Waals surface area contributed by atoms with Crippen LogP contribution >= 0.6 is 0 Å². The van der Waals surface area contributed by atoms with Gasteiger partial charge in [-0.05, 0) is 66.6 Å². The molecule has 0 unspecified atom stereocenters. The van der Waals surface area contributed by atoms with Gasteiger partial charge in [0.25, 0.3) is 0 Å². The molecular formula is C22H28N2O. The molecule has 0 saturated carbocycles. The number of benzene rings is 1. The molecule has 0 radical (unpaired) electrons. The maximum atomic E-state index is 5.34. The van der Waals surface area contributed by atoms with Gasteiger partial charge in [0.1, 0.15) is 5.75 Å². The average Bonchev–Trinajstić information content (AvgIpc) is 3.19. The van der Waals surface area contributed by atoms with Gasteiger partial charge in [-0.15, -0.1) is 0 Å². The number of rotatable bonds is 6. The first-order valence-electron chi connectivity index (χ1n) is 9.08. The van der Waals surface area contributed by atoms with E-state index in [1.807, 2.05) is 12.1 Å². The van der Waals surface area contributed by atoms with Crippen molar-refractivity contribution < 1.29 is 4.74 Å². The largest absolute Gasteiger partial charge is 0.497 e. The summed E-state index contributed by atoms with van der Waals surface area (Å²) >= 11 is 0. The summed E-state index contributed by atoms with van der Waals surface area (Å²) in [5.74, 6) is 1.06. The van der Waals surface area contributed by atoms with Gasteiger partial charge >= 0.3 is 0 Å². The fourth-order valence-electron chi connectivity index (χ4n) is 3.72. The van der Waals surface area contributed by atoms with E-state index >= 15 is 0 Å². The quantitative estimate of drug-likeness (QED) is 0.632. The number of aryl methyl sites for hydroxylation is 2. The third-order valence-electron chi connectivity index (χ3n) is 5.36. The normalized spacial score (nSPS) is 11.3. The SMILES string of the molecule is CCc1c[nH]c(C(c2ccc(OC)cc2)c2[nH]cc(CC)c2C)c1C. The molecule has 3 aromatic rings. The van der Waals surface area contributed by atoms with Gasteiger partial charge in [-0.25, -0.2) is 0 Å². The Morgan fingerprint density at radius 3 is 1.68 bits per heavy atom. The fraction of sp³-hybridized carbons (Fsp3) is 0.364. The minimum Gasteiger partial charge on any atom is -0.497 e. The molecule has 0 bridgehead atoms. The Balaban J connectivity index is 2.16. The van der Waals surface area contributed by atoms with Crippen molar-refractivity contribution in [2.75, 3.05) is 7.11 Å². The monoisotopic (exact) mass is 336 g/mol. The summed E-state index contributed by atoms with van der Waals surface area (Å²) in [4.78, 5) is 7.11. The second-order valence-corrected chi connectivity index (χ2v) is 6.62. The van der Waals surface area contributed by atoms with E-state index in [2.05, 4.69) is 62.2 Å². The first-order chi connectivity index (χ1) is 12.1. The smallest absolute Gasteiger partial charge is 0.118 e. The van der Waals surface area contributed by atoms with Crippen LogP contribution in [0.1, 0.15) is 59.0 Å². The van der Waals surface area contributed by atoms with Crippen LogP contribution in [0.15, 0.2) is 36.7 Å². The van der Waals surface area contributed by atoms with Crippen molar-refractivity contribution in [3.05, 3.63) is 75.9 Å². The summed E-state index contributed by atoms with van der Waals surface area (Å²) in [5, 5.41) is 0. The maximum Gasteiger partial charge on any atom is 0.118 e. The molecule has 2 N–H and O–H groups in total. The first-order valence-corrected chi connectivity index (χ1v) is 9.08. The van der Waals surface area contributed by atoms with Crippen LogP contribution in [0.25, 0.3) is 0 Å². The molecule has 0 aliphatic rings. The number of aromatic nitrogens is 2. The zero-order valence-corrected chi connectivity index (χ0v) is 15.9. The van der Waals surface area contributed by atoms with Gasteiger partial charge in [-0.3, -0.25) is 0 Å². The van der Waals surface area contributed by atoms with Crippen LogP contribution in [0.4, 0.5) is 0 Å². The highest BCUT2D eigenvalue weighted by Gasteiger charge is 2.24. The molecule has 0 atom stereocenters. The van der Waals surface area contributed by atoms with E-state index in [9.17, 15) is 0 Å². The van der Waals surface area contributed by atoms with E-state index < -0.39 is 0 Å². The summed E-state index contributed by atoms with van der Waals surface area (Å²) < 4.78 is 5.34. The zero-order chi connectivity index (χ0) is 18.0. The van der Waals surface area contributed by atoms with Crippen molar-refractivity contribution in [3.63, 3.8) is 0 Å². The highest BCUT2D eigenvalue weighted by Crippen LogP contribution is 2.36. The summed E-state index contributed by atoms with van der Waals surface area (Å²) in [6.07, 6.45) is 6.39. The van der Waals surface area contributed by atoms with Gasteiger partial charge in [0.05, 0.1) is 13.0 Å². The Bertz CT molecular complexity index is 791. The molecule has 25 heavy (non-hydrogen) atoms. The maximum absolute atomic E-state index is 5.34. The molecule has 0 aliphatic carbocycles. The van der Waals surface area contributed by atoms with Gasteiger partial charge in [0.2, 0.25) is 0 Å². The van der Waals surface area contributed by atoms with Crippen LogP contribution in [-0.4, -0.2) is 17.1 Å². The van der Waals surface area contributed by atoms with Crippen molar-refractivity contribution in [2.24, 2.45) is 0 Å². The molecule has 3 rings (SSSR count). The molecule has 0 fully saturated rings. The Kier molecular flexibility index (Phi) is 5.03. The second kappa shape index (κ2) is 7.22. The van der Waals surface area contributed by atoms with Crippen molar-refractivity contribution in [1.29, 1.82) is 0 Å². The fourth-order valence-corrected chi connectivity index (χ4v) is 3.72. The third-order valence-corrected chi connectivity index (χ3v) is 5.36. The van der Waals surface area contributed by atoms with Crippen molar-refractivity contribution >= 4 is 0 Å². The van der Waals surface area contributed by atoms with Crippen LogP contribution in [0.2, 0.25) is 0 Å². The van der Waals surface area contributed by atoms with Gasteiger partial charge in [0, 0.05) is 23.8 Å². The van der Waals surface area contributed by atoms with Gasteiger partial charge < -0.3 is 14.7 Å². The summed E-state index contributed by atoms with van der Waals surface area (Å²) in [6, 6.07) is 8.42. The Morgan fingerprint density at radius 1 is 0.840 bits per heavy atom. The second-order valence-electron chi connectivity index (χ2n) is 6.62. The number of H-pyrrole nitrogens is 2. The van der Waals surface area contributed by atoms with Crippen molar-refractivity contribution in [3.8, 4) is 5.75 Å². The number of hydrogen-bond acceptors (Lipinski definition) is 1. The van der Waals surface area contributed by atoms with Gasteiger partial charge in [-0.1, -0.05) is 26.0 Å². The zero-order valence-electron chi connectivity index (χ0n) is 15.9. The molecule has 0 spiro atoms. The van der Waals surface area contributed by atoms with E-state index in [4.69, 9.17) is 4.74 Å². The predicted molar refractivity (Wildman–Crippen MR) is 104 cm³/mol. The lowest BCUT2D eigenvalue weighted by Crippen LogP contribution is -2.08. The summed E-state index contributed by atoms with van der Waals surface area (Å²) in [7, 11) is 1.71. The van der Waals surface area contributed by atoms with E-state index in [0.717, 1.165) is 18.6 Å². The minimum absolute atomic E-state index is 0.173. The highest BCUT2D eigenvalue weighted by molar-refractivity contribution is 5.48.